The molecule has 0 fully saturated rings. The standard InChI is InChI=1S/C6H15NO3S2/c1-11(8)5-3-7-4-6-12(2,9)10/h7H,3-6H2,1-2H3. The Morgan fingerprint density at radius 2 is 1.92 bits per heavy atom. The van der Waals surface area contributed by atoms with Gasteiger partial charge in [-0.05, 0) is 0 Å². The average molecular weight is 213 g/mol. The second kappa shape index (κ2) is 5.66. The molecule has 0 radical (unpaired) electrons. The molecule has 1 N–H and O–H groups in total. The van der Waals surface area contributed by atoms with Crippen LogP contribution in [-0.4, -0.2) is 49.7 Å². The van der Waals surface area contributed by atoms with E-state index in [4.69, 9.17) is 0 Å². The summed E-state index contributed by atoms with van der Waals surface area (Å²) in [5.41, 5.74) is 0. The topological polar surface area (TPSA) is 63.2 Å². The highest BCUT2D eigenvalue weighted by atomic mass is 32.2. The van der Waals surface area contributed by atoms with Crippen molar-refractivity contribution in [3.8, 4) is 0 Å². The van der Waals surface area contributed by atoms with Crippen LogP contribution in [0.15, 0.2) is 0 Å². The van der Waals surface area contributed by atoms with Gasteiger partial charge in [-0.3, -0.25) is 4.21 Å². The van der Waals surface area contributed by atoms with Crippen LogP contribution in [0.1, 0.15) is 0 Å². The monoisotopic (exact) mass is 213 g/mol. The molecule has 0 heterocycles. The van der Waals surface area contributed by atoms with Gasteiger partial charge in [0.25, 0.3) is 0 Å². The molecule has 1 unspecified atom stereocenters. The average Bonchev–Trinajstić information content (AvgIpc) is 1.83. The molecule has 6 heteroatoms. The summed E-state index contributed by atoms with van der Waals surface area (Å²) >= 11 is 0. The summed E-state index contributed by atoms with van der Waals surface area (Å²) in [6.45, 7) is 1.05. The fraction of sp³-hybridized carbons (Fsp3) is 1.00. The Labute approximate surface area is 76.1 Å². The van der Waals surface area contributed by atoms with Crippen molar-refractivity contribution < 1.29 is 12.6 Å². The summed E-state index contributed by atoms with van der Waals surface area (Å²) in [4.78, 5) is 0. The highest BCUT2D eigenvalue weighted by Gasteiger charge is 2.00. The van der Waals surface area contributed by atoms with E-state index in [9.17, 15) is 12.6 Å². The van der Waals surface area contributed by atoms with E-state index in [0.29, 0.717) is 18.8 Å². The summed E-state index contributed by atoms with van der Waals surface area (Å²) in [5, 5.41) is 2.90. The Morgan fingerprint density at radius 3 is 2.33 bits per heavy atom. The van der Waals surface area contributed by atoms with Crippen molar-refractivity contribution in [3.05, 3.63) is 0 Å². The van der Waals surface area contributed by atoms with Crippen molar-refractivity contribution >= 4 is 20.6 Å². The van der Waals surface area contributed by atoms with Crippen LogP contribution >= 0.6 is 0 Å². The number of hydrogen-bond acceptors (Lipinski definition) is 4. The van der Waals surface area contributed by atoms with Crippen LogP contribution < -0.4 is 5.32 Å². The number of rotatable bonds is 6. The van der Waals surface area contributed by atoms with Gasteiger partial charge >= 0.3 is 0 Å². The van der Waals surface area contributed by atoms with Gasteiger partial charge in [-0.2, -0.15) is 0 Å². The van der Waals surface area contributed by atoms with Gasteiger partial charge in [-0.1, -0.05) is 0 Å². The molecule has 12 heavy (non-hydrogen) atoms. The quantitative estimate of drug-likeness (QED) is 0.575. The summed E-state index contributed by atoms with van der Waals surface area (Å²) in [6, 6.07) is 0. The highest BCUT2D eigenvalue weighted by molar-refractivity contribution is 7.90. The van der Waals surface area contributed by atoms with Gasteiger partial charge in [-0.15, -0.1) is 0 Å². The van der Waals surface area contributed by atoms with Gasteiger partial charge < -0.3 is 5.32 Å². The van der Waals surface area contributed by atoms with Crippen LogP contribution in [-0.2, 0) is 20.6 Å². The maximum absolute atomic E-state index is 10.6. The van der Waals surface area contributed by atoms with E-state index >= 15 is 0 Å². The van der Waals surface area contributed by atoms with E-state index in [1.165, 1.54) is 6.26 Å². The molecule has 0 aliphatic heterocycles. The molecule has 0 bridgehead atoms. The second-order valence-electron chi connectivity index (χ2n) is 2.66. The van der Waals surface area contributed by atoms with E-state index in [1.807, 2.05) is 0 Å². The Balaban J connectivity index is 3.29. The largest absolute Gasteiger partial charge is 0.315 e. The molecule has 4 nitrogen and oxygen atoms in total. The molecule has 0 aromatic carbocycles. The van der Waals surface area contributed by atoms with Crippen molar-refractivity contribution in [2.24, 2.45) is 0 Å². The van der Waals surface area contributed by atoms with Gasteiger partial charge in [0.15, 0.2) is 0 Å². The van der Waals surface area contributed by atoms with E-state index < -0.39 is 20.6 Å². The predicted molar refractivity (Wildman–Crippen MR) is 51.5 cm³/mol. The molecule has 0 spiro atoms. The van der Waals surface area contributed by atoms with Crippen LogP contribution in [0.25, 0.3) is 0 Å². The zero-order valence-corrected chi connectivity index (χ0v) is 9.00. The lowest BCUT2D eigenvalue weighted by Gasteiger charge is -2.01. The summed E-state index contributed by atoms with van der Waals surface area (Å²) in [5.74, 6) is 0.715. The van der Waals surface area contributed by atoms with Crippen molar-refractivity contribution in [1.29, 1.82) is 0 Å². The van der Waals surface area contributed by atoms with Crippen LogP contribution in [0.4, 0.5) is 0 Å². The molecule has 1 atom stereocenters. The van der Waals surface area contributed by atoms with E-state index in [-0.39, 0.29) is 5.75 Å². The zero-order chi connectivity index (χ0) is 9.61. The minimum Gasteiger partial charge on any atom is -0.315 e. The van der Waals surface area contributed by atoms with E-state index in [2.05, 4.69) is 5.32 Å². The van der Waals surface area contributed by atoms with Crippen molar-refractivity contribution in [2.75, 3.05) is 37.1 Å². The van der Waals surface area contributed by atoms with Crippen LogP contribution in [0.5, 0.6) is 0 Å². The maximum atomic E-state index is 10.6. The predicted octanol–water partition coefficient (Wildman–Crippen LogP) is -1.00. The lowest BCUT2D eigenvalue weighted by molar-refractivity contribution is 0.598. The zero-order valence-electron chi connectivity index (χ0n) is 7.37. The molecule has 0 saturated carbocycles. The lowest BCUT2D eigenvalue weighted by atomic mass is 10.7. The highest BCUT2D eigenvalue weighted by Crippen LogP contribution is 1.79. The Morgan fingerprint density at radius 1 is 1.33 bits per heavy atom. The third-order valence-corrected chi connectivity index (χ3v) is 2.94. The molecule has 0 rings (SSSR count). The van der Waals surface area contributed by atoms with Gasteiger partial charge in [0.05, 0.1) is 5.75 Å². The first-order valence-electron chi connectivity index (χ1n) is 3.60. The van der Waals surface area contributed by atoms with Crippen LogP contribution in [0.3, 0.4) is 0 Å². The second-order valence-corrected chi connectivity index (χ2v) is 6.47. The summed E-state index contributed by atoms with van der Waals surface area (Å²) < 4.78 is 31.8. The van der Waals surface area contributed by atoms with E-state index in [1.54, 1.807) is 6.26 Å². The smallest absolute Gasteiger partial charge is 0.148 e. The number of sulfone groups is 1. The molecule has 0 amide bonds. The van der Waals surface area contributed by atoms with Gasteiger partial charge in [0.2, 0.25) is 0 Å². The first-order chi connectivity index (χ1) is 5.42. The molecular weight excluding hydrogens is 198 g/mol. The molecule has 0 aliphatic rings. The molecule has 0 saturated heterocycles. The number of nitrogens with one attached hydrogen (secondary N) is 1. The first kappa shape index (κ1) is 12.1. The molecular formula is C6H15NO3S2. The summed E-state index contributed by atoms with van der Waals surface area (Å²) in [7, 11) is -3.67. The Bertz CT molecular complexity index is 235. The normalized spacial score (nSPS) is 14.5. The fourth-order valence-electron chi connectivity index (χ4n) is 0.598. The van der Waals surface area contributed by atoms with Crippen molar-refractivity contribution in [3.63, 3.8) is 0 Å². The van der Waals surface area contributed by atoms with E-state index in [0.717, 1.165) is 0 Å². The SMILES string of the molecule is CS(=O)CCNCCS(C)(=O)=O. The first-order valence-corrected chi connectivity index (χ1v) is 7.39. The Kier molecular flexibility index (Phi) is 5.69. The van der Waals surface area contributed by atoms with Crippen molar-refractivity contribution in [2.45, 2.75) is 0 Å². The third kappa shape index (κ3) is 10.1. The fourth-order valence-corrected chi connectivity index (χ4v) is 1.55. The van der Waals surface area contributed by atoms with Gasteiger partial charge in [-0.25, -0.2) is 8.42 Å². The van der Waals surface area contributed by atoms with Gasteiger partial charge in [0.1, 0.15) is 9.84 Å². The summed E-state index contributed by atoms with van der Waals surface area (Å²) in [6.07, 6.45) is 2.82. The van der Waals surface area contributed by atoms with Crippen LogP contribution in [0, 0.1) is 0 Å². The molecule has 0 aromatic rings. The maximum Gasteiger partial charge on any atom is 0.148 e. The molecule has 0 aliphatic carbocycles. The minimum absolute atomic E-state index is 0.142. The molecule has 0 aromatic heterocycles. The van der Waals surface area contributed by atoms with Crippen molar-refractivity contribution in [1.82, 2.24) is 5.32 Å². The number of hydrogen-bond donors (Lipinski definition) is 1. The minimum atomic E-state index is -2.86. The Hall–Kier alpha value is 0.0600. The van der Waals surface area contributed by atoms with Crippen LogP contribution in [0.2, 0.25) is 0 Å². The third-order valence-electron chi connectivity index (χ3n) is 1.22. The molecule has 74 valence electrons. The van der Waals surface area contributed by atoms with Gasteiger partial charge in [0, 0.05) is 42.2 Å². The lowest BCUT2D eigenvalue weighted by Crippen LogP contribution is -2.26.